The van der Waals surface area contributed by atoms with E-state index < -0.39 is 0 Å². The highest BCUT2D eigenvalue weighted by Gasteiger charge is 2.28. The summed E-state index contributed by atoms with van der Waals surface area (Å²) in [5.74, 6) is 0.248. The van der Waals surface area contributed by atoms with E-state index in [1.165, 1.54) is 11.3 Å². The zero-order chi connectivity index (χ0) is 22.9. The molecule has 4 aromatic rings. The number of amides is 2. The van der Waals surface area contributed by atoms with Crippen LogP contribution in [0.15, 0.2) is 58.0 Å². The summed E-state index contributed by atoms with van der Waals surface area (Å²) in [5.41, 5.74) is 6.07. The first-order valence-electron chi connectivity index (χ1n) is 10.4. The lowest BCUT2D eigenvalue weighted by molar-refractivity contribution is 0.0953. The fourth-order valence-electron chi connectivity index (χ4n) is 3.86. The summed E-state index contributed by atoms with van der Waals surface area (Å²) in [6, 6.07) is 14.3. The highest BCUT2D eigenvalue weighted by Crippen LogP contribution is 2.31. The van der Waals surface area contributed by atoms with E-state index in [-0.39, 0.29) is 17.6 Å². The predicted molar refractivity (Wildman–Crippen MR) is 129 cm³/mol. The number of hydrogen-bond acceptors (Lipinski definition) is 6. The number of hydrazone groups is 1. The highest BCUT2D eigenvalue weighted by atomic mass is 35.5. The fourth-order valence-corrected chi connectivity index (χ4v) is 4.85. The van der Waals surface area contributed by atoms with Crippen LogP contribution in [0.25, 0.3) is 10.2 Å². The SMILES string of the molecule is Cc1c(C(=O)Nc2nc3ccccc3s2)oc2c1/C(=N/NC(=O)c1ccc(Cl)cc1)CCC2. The number of hydrogen-bond donors (Lipinski definition) is 2. The Morgan fingerprint density at radius 3 is 2.67 bits per heavy atom. The lowest BCUT2D eigenvalue weighted by Crippen LogP contribution is -2.22. The van der Waals surface area contributed by atoms with Gasteiger partial charge in [-0.2, -0.15) is 5.10 Å². The quantitative estimate of drug-likeness (QED) is 0.374. The molecule has 0 fully saturated rings. The van der Waals surface area contributed by atoms with Gasteiger partial charge in [-0.25, -0.2) is 10.4 Å². The Balaban J connectivity index is 1.37. The number of benzene rings is 2. The lowest BCUT2D eigenvalue weighted by Gasteiger charge is -2.13. The van der Waals surface area contributed by atoms with Crippen molar-refractivity contribution < 1.29 is 14.0 Å². The molecule has 9 heteroatoms. The third-order valence-corrected chi connectivity index (χ3v) is 6.65. The van der Waals surface area contributed by atoms with Crippen LogP contribution in [0.2, 0.25) is 5.02 Å². The topological polar surface area (TPSA) is 96.6 Å². The van der Waals surface area contributed by atoms with Gasteiger partial charge in [0.25, 0.3) is 11.8 Å². The normalized spacial score (nSPS) is 14.3. The van der Waals surface area contributed by atoms with E-state index in [2.05, 4.69) is 20.8 Å². The van der Waals surface area contributed by atoms with Crippen LogP contribution >= 0.6 is 22.9 Å². The molecule has 7 nitrogen and oxygen atoms in total. The van der Waals surface area contributed by atoms with Crippen molar-refractivity contribution in [2.45, 2.75) is 26.2 Å². The van der Waals surface area contributed by atoms with E-state index in [0.717, 1.165) is 22.2 Å². The Hall–Kier alpha value is -3.49. The van der Waals surface area contributed by atoms with Crippen molar-refractivity contribution in [1.82, 2.24) is 10.4 Å². The van der Waals surface area contributed by atoms with E-state index in [4.69, 9.17) is 16.0 Å². The maximum absolute atomic E-state index is 13.0. The molecule has 0 saturated carbocycles. The van der Waals surface area contributed by atoms with Crippen LogP contribution in [0, 0.1) is 6.92 Å². The number of nitrogens with one attached hydrogen (secondary N) is 2. The van der Waals surface area contributed by atoms with Crippen molar-refractivity contribution in [3.63, 3.8) is 0 Å². The highest BCUT2D eigenvalue weighted by molar-refractivity contribution is 7.22. The van der Waals surface area contributed by atoms with Crippen molar-refractivity contribution in [3.8, 4) is 0 Å². The van der Waals surface area contributed by atoms with Gasteiger partial charge < -0.3 is 4.42 Å². The van der Waals surface area contributed by atoms with Gasteiger partial charge in [-0.1, -0.05) is 35.1 Å². The van der Waals surface area contributed by atoms with Crippen LogP contribution in [0.5, 0.6) is 0 Å². The predicted octanol–water partition coefficient (Wildman–Crippen LogP) is 5.57. The first-order valence-corrected chi connectivity index (χ1v) is 11.6. The number of rotatable bonds is 4. The van der Waals surface area contributed by atoms with Crippen LogP contribution < -0.4 is 10.7 Å². The molecule has 0 atom stereocenters. The molecule has 0 aliphatic heterocycles. The molecule has 1 aliphatic rings. The zero-order valence-corrected chi connectivity index (χ0v) is 19.2. The molecule has 2 aromatic heterocycles. The first kappa shape index (κ1) is 21.4. The minimum absolute atomic E-state index is 0.234. The molecule has 166 valence electrons. The minimum Gasteiger partial charge on any atom is -0.455 e. The van der Waals surface area contributed by atoms with Crippen molar-refractivity contribution in [2.24, 2.45) is 5.10 Å². The average molecular weight is 479 g/mol. The lowest BCUT2D eigenvalue weighted by atomic mass is 9.93. The average Bonchev–Trinajstić information content (AvgIpc) is 3.38. The van der Waals surface area contributed by atoms with Gasteiger partial charge in [-0.05, 0) is 56.2 Å². The number of nitrogens with zero attached hydrogens (tertiary/aromatic N) is 2. The summed E-state index contributed by atoms with van der Waals surface area (Å²) in [7, 11) is 0. The van der Waals surface area contributed by atoms with Gasteiger partial charge in [0.2, 0.25) is 0 Å². The van der Waals surface area contributed by atoms with Crippen molar-refractivity contribution in [2.75, 3.05) is 5.32 Å². The third kappa shape index (κ3) is 4.27. The maximum Gasteiger partial charge on any atom is 0.293 e. The van der Waals surface area contributed by atoms with E-state index in [9.17, 15) is 9.59 Å². The summed E-state index contributed by atoms with van der Waals surface area (Å²) < 4.78 is 6.93. The van der Waals surface area contributed by atoms with Gasteiger partial charge in [0.1, 0.15) is 5.76 Å². The number of halogens is 1. The number of aromatic nitrogens is 1. The molecule has 33 heavy (non-hydrogen) atoms. The summed E-state index contributed by atoms with van der Waals surface area (Å²) >= 11 is 7.29. The molecule has 2 amide bonds. The van der Waals surface area contributed by atoms with Gasteiger partial charge in [0, 0.05) is 28.1 Å². The van der Waals surface area contributed by atoms with E-state index in [1.807, 2.05) is 31.2 Å². The number of carbonyl (C=O) groups is 2. The van der Waals surface area contributed by atoms with Gasteiger partial charge in [-0.3, -0.25) is 14.9 Å². The summed E-state index contributed by atoms with van der Waals surface area (Å²) in [6.07, 6.45) is 2.19. The number of anilines is 1. The van der Waals surface area contributed by atoms with E-state index in [0.29, 0.717) is 45.6 Å². The molecule has 0 bridgehead atoms. The van der Waals surface area contributed by atoms with Gasteiger partial charge in [0.05, 0.1) is 15.9 Å². The minimum atomic E-state index is -0.356. The maximum atomic E-state index is 13.0. The van der Waals surface area contributed by atoms with Crippen LogP contribution in [0.4, 0.5) is 5.13 Å². The number of carbonyl (C=O) groups excluding carboxylic acids is 2. The number of para-hydroxylation sites is 1. The fraction of sp³-hybridized carbons (Fsp3) is 0.167. The number of furan rings is 1. The third-order valence-electron chi connectivity index (χ3n) is 5.45. The molecule has 2 aromatic carbocycles. The monoisotopic (exact) mass is 478 g/mol. The molecular formula is C24H19ClN4O3S. The summed E-state index contributed by atoms with van der Waals surface area (Å²) in [6.45, 7) is 1.83. The molecule has 5 rings (SSSR count). The second kappa shape index (κ2) is 8.80. The smallest absolute Gasteiger partial charge is 0.293 e. The Kier molecular flexibility index (Phi) is 5.70. The molecule has 2 heterocycles. The second-order valence-electron chi connectivity index (χ2n) is 7.66. The summed E-state index contributed by atoms with van der Waals surface area (Å²) in [4.78, 5) is 29.8. The Labute approximate surface area is 198 Å². The molecule has 0 spiro atoms. The Bertz CT molecular complexity index is 1370. The van der Waals surface area contributed by atoms with Crippen LogP contribution in [-0.4, -0.2) is 22.5 Å². The largest absolute Gasteiger partial charge is 0.455 e. The Morgan fingerprint density at radius 1 is 1.09 bits per heavy atom. The standard InChI is InChI=1S/C24H19ClN4O3S/c1-13-20-17(28-29-22(30)14-9-11-15(25)12-10-14)6-4-7-18(20)32-21(13)23(31)27-24-26-16-5-2-3-8-19(16)33-24/h2-3,5,8-12H,4,6-7H2,1H3,(H,29,30)(H,26,27,31)/b28-17+. The molecule has 2 N–H and O–H groups in total. The van der Waals surface area contributed by atoms with E-state index in [1.54, 1.807) is 24.3 Å². The Morgan fingerprint density at radius 2 is 1.88 bits per heavy atom. The van der Waals surface area contributed by atoms with E-state index >= 15 is 0 Å². The van der Waals surface area contributed by atoms with Crippen molar-refractivity contribution in [1.29, 1.82) is 0 Å². The molecule has 0 saturated heterocycles. The number of fused-ring (bicyclic) bond motifs is 2. The van der Waals surface area contributed by atoms with Gasteiger partial charge >= 0.3 is 0 Å². The zero-order valence-electron chi connectivity index (χ0n) is 17.6. The van der Waals surface area contributed by atoms with Gasteiger partial charge in [-0.15, -0.1) is 0 Å². The first-order chi connectivity index (χ1) is 16.0. The summed E-state index contributed by atoms with van der Waals surface area (Å²) in [5, 5.41) is 8.26. The molecule has 0 radical (unpaired) electrons. The van der Waals surface area contributed by atoms with Crippen molar-refractivity contribution in [3.05, 3.63) is 81.8 Å². The van der Waals surface area contributed by atoms with Gasteiger partial charge in [0.15, 0.2) is 10.9 Å². The van der Waals surface area contributed by atoms with Crippen molar-refractivity contribution >= 4 is 55.8 Å². The molecule has 1 aliphatic carbocycles. The number of thiazole rings is 1. The molecular weight excluding hydrogens is 460 g/mol. The molecule has 0 unspecified atom stereocenters. The second-order valence-corrected chi connectivity index (χ2v) is 9.12. The van der Waals surface area contributed by atoms with Crippen LogP contribution in [-0.2, 0) is 6.42 Å². The van der Waals surface area contributed by atoms with Crippen LogP contribution in [0.3, 0.4) is 0 Å². The number of aryl methyl sites for hydroxylation is 1. The van der Waals surface area contributed by atoms with Crippen LogP contribution in [0.1, 0.15) is 50.6 Å².